The molecule has 0 aliphatic rings. The van der Waals surface area contributed by atoms with Crippen LogP contribution in [0.25, 0.3) is 5.65 Å². The first-order chi connectivity index (χ1) is 6.31. The van der Waals surface area contributed by atoms with E-state index in [1.54, 1.807) is 29.2 Å². The zero-order valence-corrected chi connectivity index (χ0v) is 6.96. The van der Waals surface area contributed by atoms with Crippen LogP contribution in [0.1, 0.15) is 11.7 Å². The van der Waals surface area contributed by atoms with E-state index in [9.17, 15) is 5.11 Å². The van der Waals surface area contributed by atoms with Gasteiger partial charge < -0.3 is 5.11 Å². The van der Waals surface area contributed by atoms with Crippen LogP contribution in [-0.2, 0) is 0 Å². The first-order valence-electron chi connectivity index (χ1n) is 3.91. The average Bonchev–Trinajstić information content (AvgIpc) is 2.63. The molecule has 2 aromatic rings. The van der Waals surface area contributed by atoms with Crippen molar-refractivity contribution in [1.82, 2.24) is 14.6 Å². The highest BCUT2D eigenvalue weighted by Gasteiger charge is 2.04. The van der Waals surface area contributed by atoms with Crippen molar-refractivity contribution in [2.24, 2.45) is 0 Å². The maximum Gasteiger partial charge on any atom is 0.154 e. The number of aromatic nitrogens is 3. The second-order valence-electron chi connectivity index (χ2n) is 2.70. The van der Waals surface area contributed by atoms with Crippen LogP contribution in [0.5, 0.6) is 0 Å². The first kappa shape index (κ1) is 7.94. The van der Waals surface area contributed by atoms with E-state index in [-0.39, 0.29) is 0 Å². The molecular formula is C9H9N3O. The number of aliphatic hydroxyl groups excluding tert-OH is 1. The van der Waals surface area contributed by atoms with Crippen molar-refractivity contribution >= 4 is 5.65 Å². The minimum atomic E-state index is -0.680. The minimum absolute atomic E-state index is 0.680. The van der Waals surface area contributed by atoms with Gasteiger partial charge in [-0.3, -0.25) is 0 Å². The highest BCUT2D eigenvalue weighted by Crippen LogP contribution is 2.12. The molecule has 4 heteroatoms. The lowest BCUT2D eigenvalue weighted by Gasteiger charge is -2.04. The standard InChI is InChI=1S/C9H9N3O/c1-2-8(13)7-5-10-9-3-4-11-12(9)6-7/h2-6,8,13H,1H2. The number of nitrogens with zero attached hydrogens (tertiary/aromatic N) is 3. The van der Waals surface area contributed by atoms with E-state index in [4.69, 9.17) is 0 Å². The maximum absolute atomic E-state index is 9.43. The highest BCUT2D eigenvalue weighted by molar-refractivity contribution is 5.36. The lowest BCUT2D eigenvalue weighted by atomic mass is 10.2. The van der Waals surface area contributed by atoms with Crippen LogP contribution in [0.4, 0.5) is 0 Å². The molecule has 0 fully saturated rings. The van der Waals surface area contributed by atoms with Gasteiger partial charge in [0.15, 0.2) is 5.65 Å². The lowest BCUT2D eigenvalue weighted by molar-refractivity contribution is 0.228. The van der Waals surface area contributed by atoms with Crippen molar-refractivity contribution in [3.8, 4) is 0 Å². The molecule has 0 bridgehead atoms. The summed E-state index contributed by atoms with van der Waals surface area (Å²) < 4.78 is 1.61. The molecule has 66 valence electrons. The molecule has 2 heterocycles. The number of hydrogen-bond donors (Lipinski definition) is 1. The van der Waals surface area contributed by atoms with E-state index in [0.717, 1.165) is 5.65 Å². The van der Waals surface area contributed by atoms with E-state index < -0.39 is 6.10 Å². The largest absolute Gasteiger partial charge is 0.384 e. The van der Waals surface area contributed by atoms with Crippen molar-refractivity contribution in [3.63, 3.8) is 0 Å². The Morgan fingerprint density at radius 2 is 2.46 bits per heavy atom. The molecule has 1 unspecified atom stereocenters. The van der Waals surface area contributed by atoms with E-state index in [0.29, 0.717) is 5.56 Å². The summed E-state index contributed by atoms with van der Waals surface area (Å²) >= 11 is 0. The number of rotatable bonds is 2. The van der Waals surface area contributed by atoms with Gasteiger partial charge in [0.25, 0.3) is 0 Å². The molecule has 0 radical (unpaired) electrons. The summed E-state index contributed by atoms with van der Waals surface area (Å²) in [5.41, 5.74) is 1.45. The molecule has 2 aromatic heterocycles. The Morgan fingerprint density at radius 3 is 3.23 bits per heavy atom. The minimum Gasteiger partial charge on any atom is -0.384 e. The van der Waals surface area contributed by atoms with Crippen LogP contribution in [0, 0.1) is 0 Å². The van der Waals surface area contributed by atoms with Gasteiger partial charge in [0.2, 0.25) is 0 Å². The molecule has 2 rings (SSSR count). The zero-order chi connectivity index (χ0) is 9.26. The van der Waals surface area contributed by atoms with Crippen molar-refractivity contribution in [3.05, 3.63) is 42.9 Å². The third-order valence-corrected chi connectivity index (χ3v) is 1.83. The topological polar surface area (TPSA) is 50.4 Å². The molecule has 4 nitrogen and oxygen atoms in total. The molecule has 1 N–H and O–H groups in total. The molecule has 0 saturated heterocycles. The van der Waals surface area contributed by atoms with E-state index in [2.05, 4.69) is 16.7 Å². The fraction of sp³-hybridized carbons (Fsp3) is 0.111. The molecule has 0 aliphatic carbocycles. The van der Waals surface area contributed by atoms with Crippen molar-refractivity contribution in [2.75, 3.05) is 0 Å². The van der Waals surface area contributed by atoms with Crippen LogP contribution >= 0.6 is 0 Å². The lowest BCUT2D eigenvalue weighted by Crippen LogP contribution is -1.98. The average molecular weight is 175 g/mol. The second kappa shape index (κ2) is 2.99. The third-order valence-electron chi connectivity index (χ3n) is 1.83. The smallest absolute Gasteiger partial charge is 0.154 e. The van der Waals surface area contributed by atoms with Crippen LogP contribution in [0.15, 0.2) is 37.3 Å². The summed E-state index contributed by atoms with van der Waals surface area (Å²) in [6.07, 6.45) is 5.78. The van der Waals surface area contributed by atoms with E-state index >= 15 is 0 Å². The Balaban J connectivity index is 2.53. The van der Waals surface area contributed by atoms with Gasteiger partial charge in [-0.2, -0.15) is 5.10 Å². The Labute approximate surface area is 75.2 Å². The quantitative estimate of drug-likeness (QED) is 0.691. The number of aliphatic hydroxyl groups is 1. The van der Waals surface area contributed by atoms with Crippen molar-refractivity contribution < 1.29 is 5.11 Å². The molecule has 0 aliphatic heterocycles. The Hall–Kier alpha value is -1.68. The van der Waals surface area contributed by atoms with Gasteiger partial charge in [0.05, 0.1) is 12.3 Å². The summed E-state index contributed by atoms with van der Waals surface area (Å²) in [6, 6.07) is 1.80. The summed E-state index contributed by atoms with van der Waals surface area (Å²) in [5, 5.41) is 13.4. The molecule has 0 aromatic carbocycles. The molecule has 1 atom stereocenters. The fourth-order valence-corrected chi connectivity index (χ4v) is 1.11. The summed E-state index contributed by atoms with van der Waals surface area (Å²) in [5.74, 6) is 0. The van der Waals surface area contributed by atoms with Gasteiger partial charge in [0, 0.05) is 24.0 Å². The monoisotopic (exact) mass is 175 g/mol. The van der Waals surface area contributed by atoms with E-state index in [1.165, 1.54) is 6.08 Å². The van der Waals surface area contributed by atoms with Gasteiger partial charge in [-0.15, -0.1) is 6.58 Å². The molecule has 0 amide bonds. The normalized spacial score (nSPS) is 13.0. The number of fused-ring (bicyclic) bond motifs is 1. The van der Waals surface area contributed by atoms with Gasteiger partial charge in [-0.25, -0.2) is 9.50 Å². The van der Waals surface area contributed by atoms with Crippen LogP contribution in [-0.4, -0.2) is 19.7 Å². The maximum atomic E-state index is 9.43. The summed E-state index contributed by atoms with van der Waals surface area (Å²) in [6.45, 7) is 3.50. The van der Waals surface area contributed by atoms with Crippen molar-refractivity contribution in [1.29, 1.82) is 0 Å². The van der Waals surface area contributed by atoms with E-state index in [1.807, 2.05) is 0 Å². The van der Waals surface area contributed by atoms with Gasteiger partial charge in [-0.1, -0.05) is 6.08 Å². The van der Waals surface area contributed by atoms with Gasteiger partial charge in [-0.05, 0) is 0 Å². The number of hydrogen-bond acceptors (Lipinski definition) is 3. The molecular weight excluding hydrogens is 166 g/mol. The zero-order valence-electron chi connectivity index (χ0n) is 6.96. The predicted octanol–water partition coefficient (Wildman–Crippen LogP) is 0.949. The summed E-state index contributed by atoms with van der Waals surface area (Å²) in [4.78, 5) is 4.10. The van der Waals surface area contributed by atoms with Gasteiger partial charge >= 0.3 is 0 Å². The molecule has 0 saturated carbocycles. The fourth-order valence-electron chi connectivity index (χ4n) is 1.11. The second-order valence-corrected chi connectivity index (χ2v) is 2.70. The Bertz CT molecular complexity index is 435. The van der Waals surface area contributed by atoms with Crippen LogP contribution in [0.3, 0.4) is 0 Å². The Morgan fingerprint density at radius 1 is 1.62 bits per heavy atom. The SMILES string of the molecule is C=CC(O)c1cnc2ccnn2c1. The van der Waals surface area contributed by atoms with Crippen molar-refractivity contribution in [2.45, 2.75) is 6.10 Å². The summed E-state index contributed by atoms with van der Waals surface area (Å²) in [7, 11) is 0. The molecule has 0 spiro atoms. The highest BCUT2D eigenvalue weighted by atomic mass is 16.3. The van der Waals surface area contributed by atoms with Crippen LogP contribution in [0.2, 0.25) is 0 Å². The first-order valence-corrected chi connectivity index (χ1v) is 3.91. The Kier molecular flexibility index (Phi) is 1.83. The molecule has 13 heavy (non-hydrogen) atoms. The third kappa shape index (κ3) is 1.31. The van der Waals surface area contributed by atoms with Gasteiger partial charge in [0.1, 0.15) is 0 Å². The predicted molar refractivity (Wildman–Crippen MR) is 48.1 cm³/mol. The van der Waals surface area contributed by atoms with Crippen LogP contribution < -0.4 is 0 Å².